The molecule has 5 heteroatoms. The topological polar surface area (TPSA) is 65.4 Å². The van der Waals surface area contributed by atoms with Crippen molar-refractivity contribution < 1.29 is 4.74 Å². The summed E-state index contributed by atoms with van der Waals surface area (Å²) >= 11 is 0. The normalized spacial score (nSPS) is 20.4. The van der Waals surface area contributed by atoms with E-state index < -0.39 is 0 Å². The number of fused-ring (bicyclic) bond motifs is 1. The lowest BCUT2D eigenvalue weighted by Gasteiger charge is -2.20. The molecule has 0 amide bonds. The van der Waals surface area contributed by atoms with Crippen molar-refractivity contribution in [3.63, 3.8) is 0 Å². The van der Waals surface area contributed by atoms with Crippen molar-refractivity contribution in [2.24, 2.45) is 11.7 Å². The molecule has 3 heterocycles. The van der Waals surface area contributed by atoms with Crippen molar-refractivity contribution >= 4 is 5.65 Å². The first-order valence-electron chi connectivity index (χ1n) is 6.48. The second-order valence-electron chi connectivity index (χ2n) is 4.82. The van der Waals surface area contributed by atoms with Crippen LogP contribution in [0.1, 0.15) is 24.2 Å². The van der Waals surface area contributed by atoms with Crippen LogP contribution in [-0.4, -0.2) is 27.8 Å². The van der Waals surface area contributed by atoms with E-state index in [-0.39, 0.29) is 0 Å². The average molecular weight is 246 g/mol. The Labute approximate surface area is 106 Å². The van der Waals surface area contributed by atoms with Crippen molar-refractivity contribution in [2.45, 2.75) is 25.8 Å². The van der Waals surface area contributed by atoms with Crippen LogP contribution in [-0.2, 0) is 17.7 Å². The first-order chi connectivity index (χ1) is 8.86. The van der Waals surface area contributed by atoms with Crippen molar-refractivity contribution in [1.82, 2.24) is 14.6 Å². The van der Waals surface area contributed by atoms with E-state index in [1.54, 1.807) is 0 Å². The zero-order valence-electron chi connectivity index (χ0n) is 10.4. The summed E-state index contributed by atoms with van der Waals surface area (Å²) in [6, 6.07) is 3.95. The fourth-order valence-corrected chi connectivity index (χ4v) is 2.48. The van der Waals surface area contributed by atoms with Crippen LogP contribution in [0.25, 0.3) is 5.65 Å². The van der Waals surface area contributed by atoms with Gasteiger partial charge in [-0.3, -0.25) is 0 Å². The van der Waals surface area contributed by atoms with Gasteiger partial charge in [-0.05, 0) is 24.8 Å². The highest BCUT2D eigenvalue weighted by molar-refractivity contribution is 5.46. The summed E-state index contributed by atoms with van der Waals surface area (Å²) in [6.45, 7) is 2.22. The lowest BCUT2D eigenvalue weighted by atomic mass is 9.98. The van der Waals surface area contributed by atoms with E-state index in [2.05, 4.69) is 10.1 Å². The lowest BCUT2D eigenvalue weighted by Crippen LogP contribution is -2.19. The van der Waals surface area contributed by atoms with Gasteiger partial charge in [-0.15, -0.1) is 0 Å². The van der Waals surface area contributed by atoms with Gasteiger partial charge < -0.3 is 10.5 Å². The monoisotopic (exact) mass is 246 g/mol. The maximum Gasteiger partial charge on any atom is 0.160 e. The van der Waals surface area contributed by atoms with Crippen molar-refractivity contribution in [3.05, 3.63) is 29.7 Å². The van der Waals surface area contributed by atoms with Gasteiger partial charge in [-0.25, -0.2) is 9.50 Å². The third-order valence-corrected chi connectivity index (χ3v) is 3.43. The predicted molar refractivity (Wildman–Crippen MR) is 68.1 cm³/mol. The fraction of sp³-hybridized carbons (Fsp3) is 0.538. The smallest absolute Gasteiger partial charge is 0.160 e. The molecule has 1 fully saturated rings. The standard InChI is InChI=1S/C13H18N4O/c14-8-11-4-1-5-17-13(11)15-12(16-17)7-10-3-2-6-18-9-10/h1,4-5,10H,2-3,6-9,14H2. The Bertz CT molecular complexity index is 531. The second-order valence-corrected chi connectivity index (χ2v) is 4.82. The van der Waals surface area contributed by atoms with E-state index in [4.69, 9.17) is 10.5 Å². The lowest BCUT2D eigenvalue weighted by molar-refractivity contribution is 0.0543. The number of ether oxygens (including phenoxy) is 1. The van der Waals surface area contributed by atoms with Gasteiger partial charge in [-0.1, -0.05) is 6.07 Å². The third-order valence-electron chi connectivity index (χ3n) is 3.43. The van der Waals surface area contributed by atoms with Crippen LogP contribution in [0.3, 0.4) is 0 Å². The third kappa shape index (κ3) is 2.23. The summed E-state index contributed by atoms with van der Waals surface area (Å²) in [4.78, 5) is 4.59. The molecule has 0 saturated carbocycles. The fourth-order valence-electron chi connectivity index (χ4n) is 2.48. The molecule has 1 atom stereocenters. The molecule has 18 heavy (non-hydrogen) atoms. The Morgan fingerprint density at radius 1 is 1.50 bits per heavy atom. The van der Waals surface area contributed by atoms with Crippen LogP contribution >= 0.6 is 0 Å². The molecule has 0 aliphatic carbocycles. The van der Waals surface area contributed by atoms with Gasteiger partial charge in [-0.2, -0.15) is 5.10 Å². The maximum atomic E-state index is 5.71. The van der Waals surface area contributed by atoms with Crippen LogP contribution in [0.4, 0.5) is 0 Å². The molecule has 0 aromatic carbocycles. The van der Waals surface area contributed by atoms with E-state index in [9.17, 15) is 0 Å². The highest BCUT2D eigenvalue weighted by Crippen LogP contribution is 2.18. The molecular formula is C13H18N4O. The minimum absolute atomic E-state index is 0.495. The van der Waals surface area contributed by atoms with Gasteiger partial charge in [0.25, 0.3) is 0 Å². The van der Waals surface area contributed by atoms with Gasteiger partial charge in [0.1, 0.15) is 0 Å². The molecule has 0 bridgehead atoms. The second kappa shape index (κ2) is 5.04. The van der Waals surface area contributed by atoms with Gasteiger partial charge in [0.2, 0.25) is 0 Å². The number of hydrogen-bond acceptors (Lipinski definition) is 4. The highest BCUT2D eigenvalue weighted by Gasteiger charge is 2.17. The quantitative estimate of drug-likeness (QED) is 0.882. The first kappa shape index (κ1) is 11.6. The van der Waals surface area contributed by atoms with Crippen LogP contribution in [0.15, 0.2) is 18.3 Å². The number of hydrogen-bond donors (Lipinski definition) is 1. The molecular weight excluding hydrogens is 228 g/mol. The summed E-state index contributed by atoms with van der Waals surface area (Å²) in [6.07, 6.45) is 5.17. The summed E-state index contributed by atoms with van der Waals surface area (Å²) < 4.78 is 7.31. The zero-order chi connectivity index (χ0) is 12.4. The van der Waals surface area contributed by atoms with Gasteiger partial charge in [0.15, 0.2) is 11.5 Å². The molecule has 3 rings (SSSR count). The molecule has 96 valence electrons. The average Bonchev–Trinajstić information content (AvgIpc) is 2.82. The van der Waals surface area contributed by atoms with Crippen molar-refractivity contribution in [3.8, 4) is 0 Å². The van der Waals surface area contributed by atoms with E-state index >= 15 is 0 Å². The molecule has 1 saturated heterocycles. The van der Waals surface area contributed by atoms with E-state index in [0.29, 0.717) is 12.5 Å². The van der Waals surface area contributed by atoms with E-state index in [1.165, 1.54) is 6.42 Å². The number of rotatable bonds is 3. The molecule has 1 aliphatic rings. The number of aromatic nitrogens is 3. The summed E-state index contributed by atoms with van der Waals surface area (Å²) in [5.74, 6) is 1.45. The van der Waals surface area contributed by atoms with Crippen LogP contribution in [0.2, 0.25) is 0 Å². The minimum Gasteiger partial charge on any atom is -0.381 e. The Morgan fingerprint density at radius 2 is 2.44 bits per heavy atom. The summed E-state index contributed by atoms with van der Waals surface area (Å²) in [5.41, 5.74) is 7.63. The molecule has 5 nitrogen and oxygen atoms in total. The largest absolute Gasteiger partial charge is 0.381 e. The SMILES string of the molecule is NCc1cccn2nc(CC3CCCOC3)nc12. The highest BCUT2D eigenvalue weighted by atomic mass is 16.5. The molecule has 2 N–H and O–H groups in total. The van der Waals surface area contributed by atoms with Gasteiger partial charge in [0, 0.05) is 37.9 Å². The van der Waals surface area contributed by atoms with Gasteiger partial charge in [0.05, 0.1) is 0 Å². The Morgan fingerprint density at radius 3 is 3.22 bits per heavy atom. The van der Waals surface area contributed by atoms with Crippen molar-refractivity contribution in [2.75, 3.05) is 13.2 Å². The predicted octanol–water partition coefficient (Wildman–Crippen LogP) is 1.16. The molecule has 2 aromatic rings. The molecule has 0 spiro atoms. The zero-order valence-corrected chi connectivity index (χ0v) is 10.4. The van der Waals surface area contributed by atoms with Crippen LogP contribution < -0.4 is 5.73 Å². The number of nitrogens with two attached hydrogens (primary N) is 1. The van der Waals surface area contributed by atoms with E-state index in [1.807, 2.05) is 22.8 Å². The van der Waals surface area contributed by atoms with E-state index in [0.717, 1.165) is 43.1 Å². The summed E-state index contributed by atoms with van der Waals surface area (Å²) in [5, 5.41) is 4.51. The van der Waals surface area contributed by atoms with Crippen LogP contribution in [0, 0.1) is 5.92 Å². The summed E-state index contributed by atoms with van der Waals surface area (Å²) in [7, 11) is 0. The molecule has 2 aromatic heterocycles. The molecule has 1 aliphatic heterocycles. The number of pyridine rings is 1. The first-order valence-corrected chi connectivity index (χ1v) is 6.48. The Balaban J connectivity index is 1.84. The van der Waals surface area contributed by atoms with Crippen LogP contribution in [0.5, 0.6) is 0 Å². The minimum atomic E-state index is 0.495. The maximum absolute atomic E-state index is 5.71. The Kier molecular flexibility index (Phi) is 3.25. The Hall–Kier alpha value is -1.46. The number of nitrogens with zero attached hydrogens (tertiary/aromatic N) is 3. The molecule has 1 unspecified atom stereocenters. The molecule has 0 radical (unpaired) electrons. The van der Waals surface area contributed by atoms with Gasteiger partial charge >= 0.3 is 0 Å². The van der Waals surface area contributed by atoms with Crippen molar-refractivity contribution in [1.29, 1.82) is 0 Å².